The van der Waals surface area contributed by atoms with Gasteiger partial charge < -0.3 is 0 Å². The zero-order valence-electron chi connectivity index (χ0n) is 15.1. The van der Waals surface area contributed by atoms with Crippen LogP contribution in [-0.4, -0.2) is 10.9 Å². The molecular formula is C23H21ClO2S. The van der Waals surface area contributed by atoms with Gasteiger partial charge in [-0.25, -0.2) is 0 Å². The molecule has 0 aromatic heterocycles. The molecule has 0 radical (unpaired) electrons. The molecule has 0 heterocycles. The first-order valence-electron chi connectivity index (χ1n) is 8.55. The Morgan fingerprint density at radius 2 is 1.78 bits per heavy atom. The van der Waals surface area contributed by atoms with Crippen LogP contribution in [0.15, 0.2) is 91.1 Å². The number of benzene rings is 2. The summed E-state index contributed by atoms with van der Waals surface area (Å²) in [6.07, 6.45) is 7.11. The van der Waals surface area contributed by atoms with Crippen molar-refractivity contribution in [3.63, 3.8) is 0 Å². The molecule has 0 aliphatic heterocycles. The molecule has 0 N–H and O–H groups in total. The van der Waals surface area contributed by atoms with Gasteiger partial charge in [0, 0.05) is 27.8 Å². The minimum atomic E-state index is -0.309. The second-order valence-electron chi connectivity index (χ2n) is 5.79. The molecule has 2 aromatic rings. The zero-order chi connectivity index (χ0) is 19.6. The van der Waals surface area contributed by atoms with E-state index < -0.39 is 0 Å². The molecule has 0 amide bonds. The molecular weight excluding hydrogens is 376 g/mol. The minimum absolute atomic E-state index is 0.00608. The van der Waals surface area contributed by atoms with E-state index in [1.54, 1.807) is 36.4 Å². The monoisotopic (exact) mass is 396 g/mol. The predicted octanol–water partition coefficient (Wildman–Crippen LogP) is 6.60. The molecule has 0 saturated carbocycles. The minimum Gasteiger partial charge on any atom is -0.294 e. The molecule has 0 bridgehead atoms. The Labute approximate surface area is 169 Å². The molecule has 1 unspecified atom stereocenters. The van der Waals surface area contributed by atoms with E-state index in [1.807, 2.05) is 43.3 Å². The number of ketones is 1. The van der Waals surface area contributed by atoms with Crippen LogP contribution in [0.25, 0.3) is 0 Å². The lowest BCUT2D eigenvalue weighted by Crippen LogP contribution is -2.08. The van der Waals surface area contributed by atoms with Crippen LogP contribution in [0.5, 0.6) is 0 Å². The summed E-state index contributed by atoms with van der Waals surface area (Å²) in [5.74, 6) is -0.00608. The van der Waals surface area contributed by atoms with Crippen LogP contribution in [0.2, 0.25) is 5.02 Å². The number of rotatable bonds is 8. The average molecular weight is 397 g/mol. The summed E-state index contributed by atoms with van der Waals surface area (Å²) in [4.78, 5) is 25.4. The highest BCUT2D eigenvalue weighted by atomic mass is 35.5. The van der Waals surface area contributed by atoms with Gasteiger partial charge in [-0.3, -0.25) is 9.59 Å². The average Bonchev–Trinajstić information content (AvgIpc) is 2.69. The highest BCUT2D eigenvalue weighted by Gasteiger charge is 2.22. The van der Waals surface area contributed by atoms with Crippen LogP contribution in [0.4, 0.5) is 0 Å². The molecule has 2 rings (SSSR count). The van der Waals surface area contributed by atoms with E-state index in [0.717, 1.165) is 17.3 Å². The summed E-state index contributed by atoms with van der Waals surface area (Å²) in [5, 5.41) is 0.184. The van der Waals surface area contributed by atoms with Crippen molar-refractivity contribution < 1.29 is 9.59 Å². The van der Waals surface area contributed by atoms with Gasteiger partial charge in [-0.2, -0.15) is 0 Å². The lowest BCUT2D eigenvalue weighted by molar-refractivity contribution is -0.107. The number of halogens is 1. The molecule has 4 heteroatoms. The van der Waals surface area contributed by atoms with E-state index >= 15 is 0 Å². The molecule has 27 heavy (non-hydrogen) atoms. The number of carbonyl (C=O) groups is 2. The fourth-order valence-electron chi connectivity index (χ4n) is 2.43. The quantitative estimate of drug-likeness (QED) is 0.286. The van der Waals surface area contributed by atoms with Crippen LogP contribution in [0.1, 0.15) is 34.5 Å². The van der Waals surface area contributed by atoms with Crippen molar-refractivity contribution in [3.05, 3.63) is 107 Å². The summed E-state index contributed by atoms with van der Waals surface area (Å²) in [5.41, 5.74) is 2.03. The zero-order valence-corrected chi connectivity index (χ0v) is 16.7. The summed E-state index contributed by atoms with van der Waals surface area (Å²) in [7, 11) is 0. The summed E-state index contributed by atoms with van der Waals surface area (Å²) in [6.45, 7) is 5.59. The van der Waals surface area contributed by atoms with Gasteiger partial charge in [0.05, 0.1) is 0 Å². The van der Waals surface area contributed by atoms with Gasteiger partial charge in [0.25, 0.3) is 0 Å². The van der Waals surface area contributed by atoms with Crippen LogP contribution < -0.4 is 0 Å². The van der Waals surface area contributed by atoms with E-state index in [2.05, 4.69) is 6.58 Å². The van der Waals surface area contributed by atoms with E-state index in [9.17, 15) is 9.59 Å². The Bertz CT molecular complexity index is 852. The van der Waals surface area contributed by atoms with Gasteiger partial charge >= 0.3 is 0 Å². The molecule has 2 aromatic carbocycles. The van der Waals surface area contributed by atoms with Crippen molar-refractivity contribution in [1.29, 1.82) is 0 Å². The van der Waals surface area contributed by atoms with E-state index in [0.29, 0.717) is 16.2 Å². The Hall–Kier alpha value is -2.36. The van der Waals surface area contributed by atoms with E-state index in [-0.39, 0.29) is 22.6 Å². The number of hydrogen-bond acceptors (Lipinski definition) is 3. The van der Waals surface area contributed by atoms with Gasteiger partial charge in [0.15, 0.2) is 5.78 Å². The predicted molar refractivity (Wildman–Crippen MR) is 115 cm³/mol. The number of carbonyl (C=O) groups excluding carboxylic acids is 2. The van der Waals surface area contributed by atoms with Crippen molar-refractivity contribution in [1.82, 2.24) is 0 Å². The van der Waals surface area contributed by atoms with Gasteiger partial charge in [0.2, 0.25) is 5.12 Å². The normalized spacial score (nSPS) is 12.7. The fraction of sp³-hybridized carbons (Fsp3) is 0.130. The molecule has 0 saturated heterocycles. The molecule has 0 aliphatic rings. The molecule has 1 atom stereocenters. The Morgan fingerprint density at radius 1 is 1.11 bits per heavy atom. The smallest absolute Gasteiger partial charge is 0.219 e. The summed E-state index contributed by atoms with van der Waals surface area (Å²) >= 11 is 7.12. The van der Waals surface area contributed by atoms with Crippen molar-refractivity contribution in [2.75, 3.05) is 0 Å². The standard InChI is InChI=1S/C23H21ClO2S/c1-3-5-9-17(4-2)23(26)27-22(19-12-14-20(24)15-13-19)16-21(25)18-10-7-6-8-11-18/h3-15,22H,2,16H2,1H3/b5-3+,17-9+. The van der Waals surface area contributed by atoms with E-state index in [1.165, 1.54) is 6.08 Å². The third kappa shape index (κ3) is 6.38. The van der Waals surface area contributed by atoms with Gasteiger partial charge in [-0.1, -0.05) is 96.7 Å². The van der Waals surface area contributed by atoms with Crippen LogP contribution in [-0.2, 0) is 4.79 Å². The van der Waals surface area contributed by atoms with Crippen LogP contribution in [0.3, 0.4) is 0 Å². The largest absolute Gasteiger partial charge is 0.294 e. The summed E-state index contributed by atoms with van der Waals surface area (Å²) < 4.78 is 0. The molecule has 0 spiro atoms. The first-order valence-corrected chi connectivity index (χ1v) is 9.81. The Kier molecular flexibility index (Phi) is 8.31. The molecule has 2 nitrogen and oxygen atoms in total. The fourth-order valence-corrected chi connectivity index (χ4v) is 3.63. The Morgan fingerprint density at radius 3 is 2.37 bits per heavy atom. The SMILES string of the molecule is C=C/C(=C\C=C\C)C(=O)SC(CC(=O)c1ccccc1)c1ccc(Cl)cc1. The summed E-state index contributed by atoms with van der Waals surface area (Å²) in [6, 6.07) is 16.4. The number of allylic oxidation sites excluding steroid dienone is 4. The maximum Gasteiger partial charge on any atom is 0.219 e. The van der Waals surface area contributed by atoms with Gasteiger partial charge in [-0.05, 0) is 24.6 Å². The molecule has 0 aliphatic carbocycles. The molecule has 0 fully saturated rings. The van der Waals surface area contributed by atoms with Gasteiger partial charge in [-0.15, -0.1) is 0 Å². The first kappa shape index (κ1) is 20.9. The second-order valence-corrected chi connectivity index (χ2v) is 7.40. The lowest BCUT2D eigenvalue weighted by atomic mass is 10.0. The molecule has 138 valence electrons. The van der Waals surface area contributed by atoms with Crippen molar-refractivity contribution in [2.45, 2.75) is 18.6 Å². The topological polar surface area (TPSA) is 34.1 Å². The van der Waals surface area contributed by atoms with E-state index in [4.69, 9.17) is 11.6 Å². The maximum absolute atomic E-state index is 12.7. The second kappa shape index (κ2) is 10.7. The Balaban J connectivity index is 2.27. The van der Waals surface area contributed by atoms with Crippen LogP contribution in [0, 0.1) is 0 Å². The third-order valence-electron chi connectivity index (χ3n) is 3.88. The highest BCUT2D eigenvalue weighted by Crippen LogP contribution is 2.36. The highest BCUT2D eigenvalue weighted by molar-refractivity contribution is 8.14. The number of thioether (sulfide) groups is 1. The van der Waals surface area contributed by atoms with Gasteiger partial charge in [0.1, 0.15) is 0 Å². The maximum atomic E-state index is 12.7. The van der Waals surface area contributed by atoms with Crippen molar-refractivity contribution in [3.8, 4) is 0 Å². The van der Waals surface area contributed by atoms with Crippen molar-refractivity contribution in [2.24, 2.45) is 0 Å². The lowest BCUT2D eigenvalue weighted by Gasteiger charge is -2.16. The third-order valence-corrected chi connectivity index (χ3v) is 5.31. The van der Waals surface area contributed by atoms with Crippen molar-refractivity contribution >= 4 is 34.3 Å². The van der Waals surface area contributed by atoms with Crippen LogP contribution >= 0.6 is 23.4 Å². The number of Topliss-reactive ketones (excluding diaryl/α,β-unsaturated/α-hetero) is 1. The first-order chi connectivity index (χ1) is 13.0. The number of hydrogen-bond donors (Lipinski definition) is 0.